The van der Waals surface area contributed by atoms with Gasteiger partial charge in [0.2, 0.25) is 5.91 Å². The number of piperidine rings is 1. The van der Waals surface area contributed by atoms with E-state index in [1.165, 1.54) is 0 Å². The zero-order chi connectivity index (χ0) is 19.3. The molecule has 4 rings (SSSR count). The molecule has 0 N–H and O–H groups in total. The lowest BCUT2D eigenvalue weighted by Gasteiger charge is -2.32. The fraction of sp³-hybridized carbons (Fsp3) is 0.304. The Labute approximate surface area is 164 Å². The van der Waals surface area contributed by atoms with Crippen LogP contribution in [0.5, 0.6) is 11.5 Å². The van der Waals surface area contributed by atoms with Crippen LogP contribution in [0.1, 0.15) is 18.4 Å². The number of nitrogens with zero attached hydrogens (tertiary/aromatic N) is 2. The molecule has 0 aliphatic carbocycles. The summed E-state index contributed by atoms with van der Waals surface area (Å²) in [6, 6.07) is 17.6. The number of amides is 1. The number of benzene rings is 2. The van der Waals surface area contributed by atoms with Crippen molar-refractivity contribution in [3.63, 3.8) is 0 Å². The second-order valence-corrected chi connectivity index (χ2v) is 7.02. The molecule has 1 fully saturated rings. The Balaban J connectivity index is 1.36. The Morgan fingerprint density at radius 3 is 2.61 bits per heavy atom. The Morgan fingerprint density at radius 2 is 1.79 bits per heavy atom. The first-order chi connectivity index (χ1) is 13.7. The number of rotatable bonds is 5. The van der Waals surface area contributed by atoms with Crippen LogP contribution in [0, 0.1) is 0 Å². The fourth-order valence-electron chi connectivity index (χ4n) is 3.70. The summed E-state index contributed by atoms with van der Waals surface area (Å²) in [6.45, 7) is 1.41. The number of carbonyl (C=O) groups is 1. The molecule has 1 aliphatic heterocycles. The number of ether oxygens (including phenoxy) is 2. The second kappa shape index (κ2) is 8.30. The maximum absolute atomic E-state index is 12.7. The topological polar surface area (TPSA) is 51.7 Å². The molecule has 28 heavy (non-hydrogen) atoms. The molecule has 1 amide bonds. The molecule has 0 radical (unpaired) electrons. The van der Waals surface area contributed by atoms with Gasteiger partial charge in [0.25, 0.3) is 0 Å². The van der Waals surface area contributed by atoms with Gasteiger partial charge in [0.15, 0.2) is 0 Å². The van der Waals surface area contributed by atoms with E-state index in [-0.39, 0.29) is 12.0 Å². The van der Waals surface area contributed by atoms with E-state index in [9.17, 15) is 4.79 Å². The average molecular weight is 376 g/mol. The normalized spacial score (nSPS) is 14.8. The first-order valence-corrected chi connectivity index (χ1v) is 9.64. The van der Waals surface area contributed by atoms with Crippen LogP contribution in [-0.2, 0) is 11.2 Å². The van der Waals surface area contributed by atoms with Gasteiger partial charge in [0.05, 0.1) is 13.5 Å². The van der Waals surface area contributed by atoms with E-state index in [1.54, 1.807) is 13.3 Å². The Morgan fingerprint density at radius 1 is 1.04 bits per heavy atom. The van der Waals surface area contributed by atoms with Gasteiger partial charge in [-0.15, -0.1) is 0 Å². The summed E-state index contributed by atoms with van der Waals surface area (Å²) in [7, 11) is 1.63. The number of methoxy groups -OCH3 is 1. The minimum absolute atomic E-state index is 0.0999. The highest BCUT2D eigenvalue weighted by Gasteiger charge is 2.25. The van der Waals surface area contributed by atoms with Crippen molar-refractivity contribution in [2.24, 2.45) is 0 Å². The highest BCUT2D eigenvalue weighted by Crippen LogP contribution is 2.27. The van der Waals surface area contributed by atoms with Crippen molar-refractivity contribution in [1.29, 1.82) is 0 Å². The number of fused-ring (bicyclic) bond motifs is 1. The monoisotopic (exact) mass is 376 g/mol. The third-order valence-electron chi connectivity index (χ3n) is 5.22. The molecule has 2 heterocycles. The Hall–Kier alpha value is -3.08. The summed E-state index contributed by atoms with van der Waals surface area (Å²) >= 11 is 0. The molecule has 144 valence electrons. The fourth-order valence-corrected chi connectivity index (χ4v) is 3.70. The lowest BCUT2D eigenvalue weighted by Crippen LogP contribution is -2.42. The van der Waals surface area contributed by atoms with Crippen LogP contribution < -0.4 is 9.47 Å². The van der Waals surface area contributed by atoms with Crippen molar-refractivity contribution in [3.8, 4) is 11.5 Å². The van der Waals surface area contributed by atoms with Gasteiger partial charge in [-0.05, 0) is 18.2 Å². The quantitative estimate of drug-likeness (QED) is 0.679. The van der Waals surface area contributed by atoms with Crippen LogP contribution in [0.15, 0.2) is 60.8 Å². The van der Waals surface area contributed by atoms with Crippen LogP contribution in [0.4, 0.5) is 0 Å². The smallest absolute Gasteiger partial charge is 0.227 e. The number of aromatic nitrogens is 1. The van der Waals surface area contributed by atoms with Gasteiger partial charge in [-0.1, -0.05) is 36.4 Å². The summed E-state index contributed by atoms with van der Waals surface area (Å²) in [4.78, 5) is 19.1. The van der Waals surface area contributed by atoms with Crippen molar-refractivity contribution in [3.05, 3.63) is 66.4 Å². The molecule has 0 bridgehead atoms. The average Bonchev–Trinajstić information content (AvgIpc) is 2.75. The Bertz CT molecular complexity index is 959. The van der Waals surface area contributed by atoms with Gasteiger partial charge in [-0.3, -0.25) is 9.78 Å². The molecule has 5 heteroatoms. The van der Waals surface area contributed by atoms with Crippen LogP contribution in [-0.4, -0.2) is 42.1 Å². The van der Waals surface area contributed by atoms with Gasteiger partial charge in [0, 0.05) is 43.1 Å². The van der Waals surface area contributed by atoms with E-state index in [4.69, 9.17) is 9.47 Å². The number of likely N-dealkylation sites (tertiary alicyclic amines) is 1. The van der Waals surface area contributed by atoms with E-state index in [2.05, 4.69) is 4.98 Å². The summed E-state index contributed by atoms with van der Waals surface area (Å²) < 4.78 is 11.6. The van der Waals surface area contributed by atoms with Gasteiger partial charge >= 0.3 is 0 Å². The minimum atomic E-state index is 0.0999. The first-order valence-electron chi connectivity index (χ1n) is 9.64. The van der Waals surface area contributed by atoms with Gasteiger partial charge in [-0.25, -0.2) is 0 Å². The lowest BCUT2D eigenvalue weighted by atomic mass is 10.1. The summed E-state index contributed by atoms with van der Waals surface area (Å²) in [5, 5.41) is 1.07. The van der Waals surface area contributed by atoms with Crippen molar-refractivity contribution >= 4 is 16.8 Å². The zero-order valence-electron chi connectivity index (χ0n) is 16.0. The van der Waals surface area contributed by atoms with Crippen LogP contribution in [0.25, 0.3) is 10.9 Å². The zero-order valence-corrected chi connectivity index (χ0v) is 16.0. The molecule has 1 aliphatic rings. The molecule has 0 atom stereocenters. The first kappa shape index (κ1) is 18.3. The molecule has 5 nitrogen and oxygen atoms in total. The maximum atomic E-state index is 12.7. The second-order valence-electron chi connectivity index (χ2n) is 7.02. The van der Waals surface area contributed by atoms with Crippen LogP contribution >= 0.6 is 0 Å². The highest BCUT2D eigenvalue weighted by molar-refractivity contribution is 5.84. The lowest BCUT2D eigenvalue weighted by molar-refractivity contribution is -0.132. The van der Waals surface area contributed by atoms with Crippen molar-refractivity contribution in [2.75, 3.05) is 20.2 Å². The van der Waals surface area contributed by atoms with E-state index in [0.29, 0.717) is 19.5 Å². The number of hydrogen-bond donors (Lipinski definition) is 0. The van der Waals surface area contributed by atoms with E-state index < -0.39 is 0 Å². The van der Waals surface area contributed by atoms with Crippen molar-refractivity contribution in [1.82, 2.24) is 9.88 Å². The molecule has 1 aromatic heterocycles. The molecule has 2 aromatic carbocycles. The number of carbonyl (C=O) groups excluding carboxylic acids is 1. The SMILES string of the molecule is COc1ccccc1CC(=O)N1CCC(Oc2cccc3cccnc23)CC1. The predicted molar refractivity (Wildman–Crippen MR) is 109 cm³/mol. The summed E-state index contributed by atoms with van der Waals surface area (Å²) in [5.41, 5.74) is 1.81. The van der Waals surface area contributed by atoms with Gasteiger partial charge in [0.1, 0.15) is 23.1 Å². The number of para-hydroxylation sites is 2. The maximum Gasteiger partial charge on any atom is 0.227 e. The molecular formula is C23H24N2O3. The standard InChI is InChI=1S/C23H24N2O3/c1-27-20-9-3-2-6-18(20)16-22(26)25-14-11-19(12-15-25)28-21-10-4-7-17-8-5-13-24-23(17)21/h2-10,13,19H,11-12,14-16H2,1H3. The van der Waals surface area contributed by atoms with Gasteiger partial charge in [-0.2, -0.15) is 0 Å². The number of hydrogen-bond acceptors (Lipinski definition) is 4. The van der Waals surface area contributed by atoms with Crippen molar-refractivity contribution in [2.45, 2.75) is 25.4 Å². The Kier molecular flexibility index (Phi) is 5.42. The number of pyridine rings is 1. The van der Waals surface area contributed by atoms with Crippen LogP contribution in [0.3, 0.4) is 0 Å². The molecular weight excluding hydrogens is 352 g/mol. The molecule has 0 saturated carbocycles. The summed E-state index contributed by atoms with van der Waals surface area (Å²) in [6.07, 6.45) is 3.89. The van der Waals surface area contributed by atoms with Gasteiger partial charge < -0.3 is 14.4 Å². The molecule has 0 spiro atoms. The molecule has 1 saturated heterocycles. The van der Waals surface area contributed by atoms with E-state index in [0.717, 1.165) is 40.8 Å². The summed E-state index contributed by atoms with van der Waals surface area (Å²) in [5.74, 6) is 1.71. The highest BCUT2D eigenvalue weighted by atomic mass is 16.5. The van der Waals surface area contributed by atoms with Crippen LogP contribution in [0.2, 0.25) is 0 Å². The van der Waals surface area contributed by atoms with Crippen molar-refractivity contribution < 1.29 is 14.3 Å². The molecule has 0 unspecified atom stereocenters. The predicted octanol–water partition coefficient (Wildman–Crippen LogP) is 3.86. The minimum Gasteiger partial charge on any atom is -0.496 e. The largest absolute Gasteiger partial charge is 0.496 e. The third-order valence-corrected chi connectivity index (χ3v) is 5.22. The van der Waals surface area contributed by atoms with E-state index >= 15 is 0 Å². The third kappa shape index (κ3) is 3.93. The molecule has 3 aromatic rings. The van der Waals surface area contributed by atoms with E-state index in [1.807, 2.05) is 59.5 Å².